The highest BCUT2D eigenvalue weighted by Gasteiger charge is 2.27. The van der Waals surface area contributed by atoms with Crippen molar-refractivity contribution in [1.82, 2.24) is 9.80 Å². The molecule has 2 heterocycles. The van der Waals surface area contributed by atoms with Crippen LogP contribution in [-0.2, 0) is 11.0 Å². The molecule has 8 heteroatoms. The van der Waals surface area contributed by atoms with Crippen molar-refractivity contribution in [3.05, 3.63) is 59.1 Å². The molecule has 0 saturated carbocycles. The SMILES string of the molecule is O=C(c1ccccc1)N1CCN(C2=NS(=O)c3cc(Cl)ccc3N2)CC1. The number of hydrogen-bond donors (Lipinski definition) is 1. The van der Waals surface area contributed by atoms with Gasteiger partial charge in [0.15, 0.2) is 11.0 Å². The first kappa shape index (κ1) is 17.1. The maximum atomic E-state index is 12.5. The van der Waals surface area contributed by atoms with Gasteiger partial charge in [-0.15, -0.1) is 4.40 Å². The Kier molecular flexibility index (Phi) is 4.65. The number of anilines is 1. The summed E-state index contributed by atoms with van der Waals surface area (Å²) in [4.78, 5) is 17.0. The summed E-state index contributed by atoms with van der Waals surface area (Å²) < 4.78 is 16.6. The number of halogens is 1. The molecule has 0 aliphatic carbocycles. The van der Waals surface area contributed by atoms with Crippen LogP contribution in [0.25, 0.3) is 0 Å². The van der Waals surface area contributed by atoms with Gasteiger partial charge in [0.2, 0.25) is 5.96 Å². The van der Waals surface area contributed by atoms with Crippen LogP contribution < -0.4 is 5.32 Å². The largest absolute Gasteiger partial charge is 0.338 e. The van der Waals surface area contributed by atoms with E-state index in [0.717, 1.165) is 5.69 Å². The maximum absolute atomic E-state index is 12.5. The van der Waals surface area contributed by atoms with Gasteiger partial charge in [0.25, 0.3) is 5.91 Å². The van der Waals surface area contributed by atoms with E-state index in [1.54, 1.807) is 18.2 Å². The zero-order valence-corrected chi connectivity index (χ0v) is 15.5. The summed E-state index contributed by atoms with van der Waals surface area (Å²) in [6.45, 7) is 2.44. The van der Waals surface area contributed by atoms with Crippen molar-refractivity contribution >= 4 is 40.1 Å². The van der Waals surface area contributed by atoms with Gasteiger partial charge in [-0.25, -0.2) is 4.21 Å². The zero-order chi connectivity index (χ0) is 18.1. The topological polar surface area (TPSA) is 65.0 Å². The molecule has 1 amide bonds. The van der Waals surface area contributed by atoms with Gasteiger partial charge in [0.1, 0.15) is 0 Å². The standard InChI is InChI=1S/C18H17ClN4O2S/c19-14-6-7-15-16(12-14)26(25)21-18(20-15)23-10-8-22(9-11-23)17(24)13-4-2-1-3-5-13/h1-7,12H,8-11H2,(H,20,21). The summed E-state index contributed by atoms with van der Waals surface area (Å²) in [5.74, 6) is 0.609. The quantitative estimate of drug-likeness (QED) is 0.815. The Labute approximate surface area is 159 Å². The molecule has 2 aromatic rings. The predicted molar refractivity (Wildman–Crippen MR) is 103 cm³/mol. The second-order valence-corrected chi connectivity index (χ2v) is 7.63. The molecule has 0 spiro atoms. The fraction of sp³-hybridized carbons (Fsp3) is 0.222. The smallest absolute Gasteiger partial charge is 0.253 e. The van der Waals surface area contributed by atoms with E-state index in [9.17, 15) is 9.00 Å². The van der Waals surface area contributed by atoms with Crippen LogP contribution in [0.2, 0.25) is 5.02 Å². The summed E-state index contributed by atoms with van der Waals surface area (Å²) in [5, 5.41) is 3.75. The highest BCUT2D eigenvalue weighted by atomic mass is 35.5. The Morgan fingerprint density at radius 3 is 2.54 bits per heavy atom. The number of benzene rings is 2. The molecule has 4 rings (SSSR count). The van der Waals surface area contributed by atoms with E-state index in [0.29, 0.717) is 47.6 Å². The molecule has 1 fully saturated rings. The number of nitrogens with one attached hydrogen (secondary N) is 1. The minimum Gasteiger partial charge on any atom is -0.338 e. The van der Waals surface area contributed by atoms with Gasteiger partial charge in [0.05, 0.1) is 10.6 Å². The maximum Gasteiger partial charge on any atom is 0.253 e. The third-order valence-corrected chi connectivity index (χ3v) is 5.72. The highest BCUT2D eigenvalue weighted by molar-refractivity contribution is 7.84. The molecule has 26 heavy (non-hydrogen) atoms. The van der Waals surface area contributed by atoms with Crippen LogP contribution in [0.4, 0.5) is 5.69 Å². The number of fused-ring (bicyclic) bond motifs is 1. The molecule has 1 saturated heterocycles. The van der Waals surface area contributed by atoms with E-state index < -0.39 is 11.0 Å². The Morgan fingerprint density at radius 1 is 1.08 bits per heavy atom. The third-order valence-electron chi connectivity index (χ3n) is 4.43. The summed E-state index contributed by atoms with van der Waals surface area (Å²) in [6.07, 6.45) is 0. The van der Waals surface area contributed by atoms with Crippen molar-refractivity contribution in [3.8, 4) is 0 Å². The van der Waals surface area contributed by atoms with Gasteiger partial charge in [-0.05, 0) is 30.3 Å². The minimum atomic E-state index is -1.49. The van der Waals surface area contributed by atoms with Crippen LogP contribution in [0.5, 0.6) is 0 Å². The van der Waals surface area contributed by atoms with Crippen LogP contribution in [0.1, 0.15) is 10.4 Å². The Morgan fingerprint density at radius 2 is 1.81 bits per heavy atom. The van der Waals surface area contributed by atoms with Gasteiger partial charge in [-0.1, -0.05) is 29.8 Å². The molecular formula is C18H17ClN4O2S. The summed E-state index contributed by atoms with van der Waals surface area (Å²) in [7, 11) is -1.49. The molecule has 0 bridgehead atoms. The molecule has 134 valence electrons. The Hall–Kier alpha value is -2.38. The molecule has 2 aromatic carbocycles. The van der Waals surface area contributed by atoms with E-state index >= 15 is 0 Å². The van der Waals surface area contributed by atoms with Gasteiger partial charge in [-0.3, -0.25) is 4.79 Å². The van der Waals surface area contributed by atoms with E-state index in [4.69, 9.17) is 11.6 Å². The normalized spacial score (nSPS) is 19.4. The van der Waals surface area contributed by atoms with Gasteiger partial charge < -0.3 is 15.1 Å². The summed E-state index contributed by atoms with van der Waals surface area (Å²) >= 11 is 5.96. The molecule has 0 aromatic heterocycles. The lowest BCUT2D eigenvalue weighted by molar-refractivity contribution is 0.0692. The van der Waals surface area contributed by atoms with Crippen molar-refractivity contribution in [2.24, 2.45) is 4.40 Å². The third kappa shape index (κ3) is 3.32. The lowest BCUT2D eigenvalue weighted by Gasteiger charge is -2.37. The van der Waals surface area contributed by atoms with Gasteiger partial charge in [-0.2, -0.15) is 0 Å². The van der Waals surface area contributed by atoms with Gasteiger partial charge in [0, 0.05) is 36.8 Å². The summed E-state index contributed by atoms with van der Waals surface area (Å²) in [6, 6.07) is 14.5. The number of amides is 1. The van der Waals surface area contributed by atoms with Crippen LogP contribution in [-0.4, -0.2) is 52.1 Å². The molecule has 1 unspecified atom stereocenters. The lowest BCUT2D eigenvalue weighted by atomic mass is 10.2. The first-order valence-electron chi connectivity index (χ1n) is 8.28. The van der Waals surface area contributed by atoms with Crippen LogP contribution in [0, 0.1) is 0 Å². The lowest BCUT2D eigenvalue weighted by Crippen LogP contribution is -2.52. The van der Waals surface area contributed by atoms with Gasteiger partial charge >= 0.3 is 0 Å². The molecule has 2 aliphatic heterocycles. The first-order chi connectivity index (χ1) is 12.6. The molecular weight excluding hydrogens is 372 g/mol. The Bertz CT molecular complexity index is 895. The van der Waals surface area contributed by atoms with E-state index in [2.05, 4.69) is 9.71 Å². The molecule has 6 nitrogen and oxygen atoms in total. The second kappa shape index (κ2) is 7.09. The second-order valence-electron chi connectivity index (χ2n) is 6.07. The Balaban J connectivity index is 1.43. The first-order valence-corrected chi connectivity index (χ1v) is 9.77. The molecule has 1 N–H and O–H groups in total. The predicted octanol–water partition coefficient (Wildman–Crippen LogP) is 2.60. The molecule has 2 aliphatic rings. The van der Waals surface area contributed by atoms with E-state index in [1.165, 1.54) is 0 Å². The van der Waals surface area contributed by atoms with Crippen LogP contribution in [0.15, 0.2) is 57.8 Å². The fourth-order valence-electron chi connectivity index (χ4n) is 3.04. The zero-order valence-electron chi connectivity index (χ0n) is 13.9. The van der Waals surface area contributed by atoms with Crippen LogP contribution >= 0.6 is 11.6 Å². The van der Waals surface area contributed by atoms with E-state index in [-0.39, 0.29) is 5.91 Å². The van der Waals surface area contributed by atoms with Crippen molar-refractivity contribution < 1.29 is 9.00 Å². The van der Waals surface area contributed by atoms with Crippen molar-refractivity contribution in [3.63, 3.8) is 0 Å². The number of guanidine groups is 1. The number of carbonyl (C=O) groups is 1. The average Bonchev–Trinajstić information content (AvgIpc) is 2.68. The molecule has 1 atom stereocenters. The monoisotopic (exact) mass is 388 g/mol. The number of hydrogen-bond acceptors (Lipinski definition) is 4. The number of piperazine rings is 1. The van der Waals surface area contributed by atoms with Crippen molar-refractivity contribution in [2.75, 3.05) is 31.5 Å². The fourth-order valence-corrected chi connectivity index (χ4v) is 4.22. The highest BCUT2D eigenvalue weighted by Crippen LogP contribution is 2.28. The number of nitrogens with zero attached hydrogens (tertiary/aromatic N) is 3. The number of carbonyl (C=O) groups excluding carboxylic acids is 1. The average molecular weight is 389 g/mol. The minimum absolute atomic E-state index is 0.0346. The van der Waals surface area contributed by atoms with E-state index in [1.807, 2.05) is 40.1 Å². The van der Waals surface area contributed by atoms with Crippen molar-refractivity contribution in [1.29, 1.82) is 0 Å². The molecule has 0 radical (unpaired) electrons. The van der Waals surface area contributed by atoms with Crippen molar-refractivity contribution in [2.45, 2.75) is 4.90 Å². The number of rotatable bonds is 1. The summed E-state index contributed by atoms with van der Waals surface area (Å²) in [5.41, 5.74) is 1.45. The van der Waals surface area contributed by atoms with Crippen LogP contribution in [0.3, 0.4) is 0 Å².